The number of likely N-dealkylation sites (N-methyl/N-ethyl adjacent to an activating group) is 1. The van der Waals surface area contributed by atoms with E-state index in [-0.39, 0.29) is 6.61 Å². The van der Waals surface area contributed by atoms with Crippen molar-refractivity contribution >= 4 is 14.0 Å². The Labute approximate surface area is 82.1 Å². The lowest BCUT2D eigenvalue weighted by molar-refractivity contribution is -0.870. The fourth-order valence-corrected chi connectivity index (χ4v) is 1.12. The molecule has 14 heavy (non-hydrogen) atoms. The van der Waals surface area contributed by atoms with Gasteiger partial charge in [0, 0.05) is 0 Å². The Morgan fingerprint density at radius 1 is 1.43 bits per heavy atom. The van der Waals surface area contributed by atoms with Gasteiger partial charge in [-0.15, -0.1) is 0 Å². The summed E-state index contributed by atoms with van der Waals surface area (Å²) < 4.78 is 19.4. The van der Waals surface area contributed by atoms with Gasteiger partial charge in [-0.05, 0) is 0 Å². The van der Waals surface area contributed by atoms with E-state index in [0.717, 1.165) is 0 Å². The zero-order chi connectivity index (χ0) is 11.4. The number of hydrogen-bond donors (Lipinski definition) is 2. The minimum Gasteiger partial charge on any atom is -0.449 e. The summed E-state index contributed by atoms with van der Waals surface area (Å²) in [6.07, 6.45) is -1.83. The second kappa shape index (κ2) is 4.75. The van der Waals surface area contributed by atoms with Gasteiger partial charge in [-0.25, -0.2) is 9.36 Å². The number of quaternary nitrogens is 1. The third-order valence-electron chi connectivity index (χ3n) is 1.21. The summed E-state index contributed by atoms with van der Waals surface area (Å²) in [6.45, 7) is 0.415. The summed E-state index contributed by atoms with van der Waals surface area (Å²) in [5.41, 5.74) is 0. The first-order valence-corrected chi connectivity index (χ1v) is 5.32. The quantitative estimate of drug-likeness (QED) is 0.525. The van der Waals surface area contributed by atoms with E-state index < -0.39 is 14.0 Å². The van der Waals surface area contributed by atoms with Gasteiger partial charge in [-0.1, -0.05) is 0 Å². The van der Waals surface area contributed by atoms with Gasteiger partial charge in [-0.3, -0.25) is 9.42 Å². The Morgan fingerprint density at radius 2 is 1.93 bits per heavy atom. The van der Waals surface area contributed by atoms with Gasteiger partial charge in [0.25, 0.3) is 0 Å². The Morgan fingerprint density at radius 3 is 2.29 bits per heavy atom. The molecule has 0 aromatic rings. The monoisotopic (exact) mass is 228 g/mol. The second-order valence-electron chi connectivity index (χ2n) is 3.67. The largest absolute Gasteiger partial charge is 0.532 e. The lowest BCUT2D eigenvalue weighted by Crippen LogP contribution is -2.37. The molecule has 0 aliphatic heterocycles. The van der Waals surface area contributed by atoms with Gasteiger partial charge in [0.2, 0.25) is 0 Å². The number of phosphoric ester groups is 1. The molecule has 0 bridgehead atoms. The van der Waals surface area contributed by atoms with E-state index in [1.54, 1.807) is 0 Å². The van der Waals surface area contributed by atoms with Crippen molar-refractivity contribution in [1.82, 2.24) is 0 Å². The van der Waals surface area contributed by atoms with Crippen molar-refractivity contribution in [2.45, 2.75) is 0 Å². The Kier molecular flexibility index (Phi) is 4.54. The van der Waals surface area contributed by atoms with Crippen LogP contribution in [0.15, 0.2) is 0 Å². The molecule has 1 atom stereocenters. The molecule has 0 saturated carbocycles. The standard InChI is InChI=1S/C6H14NO6P/c1-7(2,3)4-5-12-14(10,11)13-6(8)9/h4-5H2,1-3H3,(H-,8,9,10,11)/p+1. The highest BCUT2D eigenvalue weighted by Crippen LogP contribution is 2.42. The number of hydrogen-bond acceptors (Lipinski definition) is 4. The molecular formula is C6H15NO6P+. The summed E-state index contributed by atoms with van der Waals surface area (Å²) in [5.74, 6) is 0. The topological polar surface area (TPSA) is 93.1 Å². The van der Waals surface area contributed by atoms with E-state index in [0.29, 0.717) is 11.0 Å². The van der Waals surface area contributed by atoms with Crippen LogP contribution in [0.3, 0.4) is 0 Å². The number of rotatable bonds is 5. The normalized spacial score (nSPS) is 16.0. The molecule has 0 aromatic carbocycles. The van der Waals surface area contributed by atoms with Crippen molar-refractivity contribution in [1.29, 1.82) is 0 Å². The molecule has 0 aliphatic rings. The maximum absolute atomic E-state index is 10.8. The minimum absolute atomic E-state index is 0.0510. The number of phosphoric acid groups is 1. The van der Waals surface area contributed by atoms with E-state index in [9.17, 15) is 9.36 Å². The lowest BCUT2D eigenvalue weighted by atomic mass is 10.5. The molecule has 0 saturated heterocycles. The smallest absolute Gasteiger partial charge is 0.449 e. The fourth-order valence-electron chi connectivity index (χ4n) is 0.555. The lowest BCUT2D eigenvalue weighted by Gasteiger charge is -2.23. The highest BCUT2D eigenvalue weighted by molar-refractivity contribution is 7.48. The fraction of sp³-hybridized carbons (Fsp3) is 0.833. The van der Waals surface area contributed by atoms with Crippen molar-refractivity contribution in [3.63, 3.8) is 0 Å². The molecular weight excluding hydrogens is 213 g/mol. The highest BCUT2D eigenvalue weighted by atomic mass is 31.2. The van der Waals surface area contributed by atoms with Crippen molar-refractivity contribution in [2.24, 2.45) is 0 Å². The predicted molar refractivity (Wildman–Crippen MR) is 47.8 cm³/mol. The van der Waals surface area contributed by atoms with Gasteiger partial charge in [-0.2, -0.15) is 0 Å². The molecule has 0 aliphatic carbocycles. The zero-order valence-electron chi connectivity index (χ0n) is 8.34. The maximum Gasteiger partial charge on any atom is 0.532 e. The molecule has 0 fully saturated rings. The van der Waals surface area contributed by atoms with E-state index in [2.05, 4.69) is 9.05 Å². The summed E-state index contributed by atoms with van der Waals surface area (Å²) in [7, 11) is 1.15. The second-order valence-corrected chi connectivity index (χ2v) is 5.05. The Balaban J connectivity index is 3.89. The van der Waals surface area contributed by atoms with Crippen LogP contribution in [0.1, 0.15) is 0 Å². The van der Waals surface area contributed by atoms with Crippen molar-refractivity contribution in [3.8, 4) is 0 Å². The first-order chi connectivity index (χ1) is 6.12. The summed E-state index contributed by atoms with van der Waals surface area (Å²) in [6, 6.07) is 0. The molecule has 84 valence electrons. The summed E-state index contributed by atoms with van der Waals surface area (Å²) in [5, 5.41) is 8.07. The van der Waals surface area contributed by atoms with Crippen LogP contribution in [0.2, 0.25) is 0 Å². The molecule has 0 spiro atoms. The first-order valence-electron chi connectivity index (χ1n) is 3.83. The van der Waals surface area contributed by atoms with E-state index in [1.807, 2.05) is 21.1 Å². The summed E-state index contributed by atoms with van der Waals surface area (Å²) >= 11 is 0. The first kappa shape index (κ1) is 13.4. The minimum atomic E-state index is -4.44. The van der Waals surface area contributed by atoms with E-state index >= 15 is 0 Å². The maximum atomic E-state index is 10.8. The average Bonchev–Trinajstić information content (AvgIpc) is 1.78. The molecule has 7 nitrogen and oxygen atoms in total. The van der Waals surface area contributed by atoms with Crippen molar-refractivity contribution < 1.29 is 32.9 Å². The van der Waals surface area contributed by atoms with Crippen LogP contribution < -0.4 is 0 Å². The van der Waals surface area contributed by atoms with Gasteiger partial charge in [0.15, 0.2) is 0 Å². The van der Waals surface area contributed by atoms with Crippen LogP contribution in [-0.2, 0) is 13.6 Å². The Hall–Kier alpha value is -0.620. The van der Waals surface area contributed by atoms with Gasteiger partial charge in [0.05, 0.1) is 21.1 Å². The van der Waals surface area contributed by atoms with Crippen LogP contribution >= 0.6 is 7.82 Å². The average molecular weight is 228 g/mol. The van der Waals surface area contributed by atoms with Crippen molar-refractivity contribution in [3.05, 3.63) is 0 Å². The predicted octanol–water partition coefficient (Wildman–Crippen LogP) is 0.504. The van der Waals surface area contributed by atoms with Crippen LogP contribution in [0.5, 0.6) is 0 Å². The highest BCUT2D eigenvalue weighted by Gasteiger charge is 2.26. The molecule has 0 rings (SSSR count). The van der Waals surface area contributed by atoms with Crippen LogP contribution in [0, 0.1) is 0 Å². The third-order valence-corrected chi connectivity index (χ3v) is 2.11. The van der Waals surface area contributed by atoms with Gasteiger partial charge < -0.3 is 14.1 Å². The Bertz CT molecular complexity index is 247. The van der Waals surface area contributed by atoms with Gasteiger partial charge >= 0.3 is 14.0 Å². The van der Waals surface area contributed by atoms with E-state index in [1.165, 1.54) is 0 Å². The molecule has 1 unspecified atom stereocenters. The third kappa shape index (κ3) is 8.00. The number of carbonyl (C=O) groups is 1. The number of nitrogens with zero attached hydrogens (tertiary/aromatic N) is 1. The van der Waals surface area contributed by atoms with Crippen LogP contribution in [0.25, 0.3) is 0 Å². The SMILES string of the molecule is C[N+](C)(C)CCOP(=O)(O)OC(=O)O. The van der Waals surface area contributed by atoms with Crippen molar-refractivity contribution in [2.75, 3.05) is 34.3 Å². The van der Waals surface area contributed by atoms with Gasteiger partial charge in [0.1, 0.15) is 13.2 Å². The number of carboxylic acid groups (broad SMARTS) is 1. The summed E-state index contributed by atoms with van der Waals surface area (Å²) in [4.78, 5) is 18.7. The van der Waals surface area contributed by atoms with Crippen LogP contribution in [-0.4, -0.2) is 54.9 Å². The van der Waals surface area contributed by atoms with Crippen LogP contribution in [0.4, 0.5) is 4.79 Å². The molecule has 2 N–H and O–H groups in total. The molecule has 8 heteroatoms. The molecule has 0 radical (unpaired) electrons. The van der Waals surface area contributed by atoms with E-state index in [4.69, 9.17) is 10.00 Å². The molecule has 0 aromatic heterocycles. The molecule has 0 heterocycles. The molecule has 0 amide bonds. The zero-order valence-corrected chi connectivity index (χ0v) is 9.23.